The first-order valence-corrected chi connectivity index (χ1v) is 9.48. The first-order valence-electron chi connectivity index (χ1n) is 9.48. The van der Waals surface area contributed by atoms with Gasteiger partial charge in [-0.15, -0.1) is 0 Å². The van der Waals surface area contributed by atoms with Crippen LogP contribution in [-0.4, -0.2) is 18.4 Å². The molecule has 1 aromatic heterocycles. The summed E-state index contributed by atoms with van der Waals surface area (Å²) < 4.78 is 4.98. The Morgan fingerprint density at radius 2 is 1.70 bits per heavy atom. The highest BCUT2D eigenvalue weighted by molar-refractivity contribution is 5.92. The van der Waals surface area contributed by atoms with Gasteiger partial charge in [0.05, 0.1) is 6.26 Å². The van der Waals surface area contributed by atoms with Gasteiger partial charge in [-0.2, -0.15) is 0 Å². The second-order valence-corrected chi connectivity index (χ2v) is 7.17. The van der Waals surface area contributed by atoms with Crippen molar-refractivity contribution in [2.75, 3.05) is 6.54 Å². The molecule has 146 valence electrons. The molecule has 0 spiro atoms. The predicted molar refractivity (Wildman–Crippen MR) is 104 cm³/mol. The van der Waals surface area contributed by atoms with Crippen LogP contribution in [0, 0.1) is 5.92 Å². The van der Waals surface area contributed by atoms with Crippen molar-refractivity contribution >= 4 is 11.8 Å². The summed E-state index contributed by atoms with van der Waals surface area (Å²) in [7, 11) is 0. The van der Waals surface area contributed by atoms with Crippen LogP contribution < -0.4 is 16.2 Å². The van der Waals surface area contributed by atoms with E-state index in [0.717, 1.165) is 6.42 Å². The average Bonchev–Trinajstić information content (AvgIpc) is 3.20. The fourth-order valence-electron chi connectivity index (χ4n) is 2.96. The lowest BCUT2D eigenvalue weighted by molar-refractivity contribution is -0.692. The van der Waals surface area contributed by atoms with E-state index >= 15 is 0 Å². The van der Waals surface area contributed by atoms with Gasteiger partial charge in [0.25, 0.3) is 5.91 Å². The number of amides is 2. The number of nitrogens with one attached hydrogen (secondary N) is 2. The second kappa shape index (κ2) is 9.92. The fourth-order valence-corrected chi connectivity index (χ4v) is 2.96. The Kier molecular flexibility index (Phi) is 7.61. The number of benzene rings is 1. The van der Waals surface area contributed by atoms with Crippen molar-refractivity contribution in [1.82, 2.24) is 10.9 Å². The van der Waals surface area contributed by atoms with Crippen LogP contribution in [-0.2, 0) is 4.79 Å². The van der Waals surface area contributed by atoms with Crippen LogP contribution in [0.25, 0.3) is 0 Å². The van der Waals surface area contributed by atoms with E-state index in [2.05, 4.69) is 62.8 Å². The van der Waals surface area contributed by atoms with Crippen LogP contribution in [0.1, 0.15) is 67.8 Å². The smallest absolute Gasteiger partial charge is 0.305 e. The average molecular weight is 372 g/mol. The van der Waals surface area contributed by atoms with E-state index < -0.39 is 5.91 Å². The summed E-state index contributed by atoms with van der Waals surface area (Å²) in [6.07, 6.45) is 2.52. The molecule has 6 nitrogen and oxygen atoms in total. The first-order chi connectivity index (χ1) is 12.9. The molecule has 1 heterocycles. The van der Waals surface area contributed by atoms with Gasteiger partial charge in [0.15, 0.2) is 12.3 Å². The number of hydrogen-bond acceptors (Lipinski definition) is 3. The summed E-state index contributed by atoms with van der Waals surface area (Å²) in [5.74, 6) is 0.320. The summed E-state index contributed by atoms with van der Waals surface area (Å²) in [6.45, 7) is 8.91. The van der Waals surface area contributed by atoms with Gasteiger partial charge in [-0.05, 0) is 30.0 Å². The molecule has 2 rings (SSSR count). The quantitative estimate of drug-likeness (QED) is 0.622. The molecule has 2 amide bonds. The highest BCUT2D eigenvalue weighted by Crippen LogP contribution is 2.22. The molecule has 2 aromatic rings. The molecule has 0 saturated carbocycles. The van der Waals surface area contributed by atoms with Gasteiger partial charge in [0.1, 0.15) is 6.04 Å². The number of quaternary nitrogens is 1. The SMILES string of the molecule is CC[C@@H](C)c1ccc([C@@H]([NH2+]CC(=O)NNC(=O)c2ccco2)C(C)C)cc1. The summed E-state index contributed by atoms with van der Waals surface area (Å²) in [6, 6.07) is 12.0. The lowest BCUT2D eigenvalue weighted by Crippen LogP contribution is -2.88. The molecule has 0 fully saturated rings. The van der Waals surface area contributed by atoms with E-state index in [-0.39, 0.29) is 24.3 Å². The molecule has 0 saturated heterocycles. The van der Waals surface area contributed by atoms with Crippen molar-refractivity contribution in [3.8, 4) is 0 Å². The Balaban J connectivity index is 1.88. The standard InChI is InChI=1S/C21H29N3O3/c1-5-15(4)16-8-10-17(11-9-16)20(14(2)3)22-13-19(25)23-24-21(26)18-7-6-12-27-18/h6-12,14-15,20,22H,5,13H2,1-4H3,(H,23,25)(H,24,26)/p+1/t15-,20+/m1/s1. The molecule has 0 aliphatic carbocycles. The predicted octanol–water partition coefficient (Wildman–Crippen LogP) is 2.51. The minimum Gasteiger partial charge on any atom is -0.459 e. The van der Waals surface area contributed by atoms with Crippen molar-refractivity contribution in [3.63, 3.8) is 0 Å². The van der Waals surface area contributed by atoms with E-state index in [1.165, 1.54) is 23.5 Å². The Bertz CT molecular complexity index is 724. The van der Waals surface area contributed by atoms with Gasteiger partial charge in [-0.25, -0.2) is 0 Å². The fraction of sp³-hybridized carbons (Fsp3) is 0.429. The maximum absolute atomic E-state index is 12.1. The van der Waals surface area contributed by atoms with E-state index in [4.69, 9.17) is 4.42 Å². The Morgan fingerprint density at radius 3 is 2.26 bits per heavy atom. The van der Waals surface area contributed by atoms with Gasteiger partial charge in [0.2, 0.25) is 0 Å². The van der Waals surface area contributed by atoms with E-state index in [9.17, 15) is 9.59 Å². The van der Waals surface area contributed by atoms with Crippen LogP contribution in [0.2, 0.25) is 0 Å². The summed E-state index contributed by atoms with van der Waals surface area (Å²) in [5, 5.41) is 2.00. The number of furan rings is 1. The second-order valence-electron chi connectivity index (χ2n) is 7.17. The van der Waals surface area contributed by atoms with Crippen molar-refractivity contribution in [2.24, 2.45) is 5.92 Å². The first kappa shape index (κ1) is 20.7. The molecule has 27 heavy (non-hydrogen) atoms. The zero-order valence-electron chi connectivity index (χ0n) is 16.5. The third kappa shape index (κ3) is 5.96. The third-order valence-corrected chi connectivity index (χ3v) is 4.84. The van der Waals surface area contributed by atoms with Crippen LogP contribution in [0.3, 0.4) is 0 Å². The monoisotopic (exact) mass is 372 g/mol. The number of rotatable bonds is 8. The zero-order valence-corrected chi connectivity index (χ0v) is 16.5. The number of carbonyl (C=O) groups is 2. The molecular weight excluding hydrogens is 342 g/mol. The van der Waals surface area contributed by atoms with E-state index in [0.29, 0.717) is 11.8 Å². The zero-order chi connectivity index (χ0) is 19.8. The molecule has 0 radical (unpaired) electrons. The van der Waals surface area contributed by atoms with E-state index in [1.54, 1.807) is 6.07 Å². The van der Waals surface area contributed by atoms with Gasteiger partial charge >= 0.3 is 5.91 Å². The van der Waals surface area contributed by atoms with Crippen LogP contribution in [0.4, 0.5) is 0 Å². The van der Waals surface area contributed by atoms with Gasteiger partial charge in [-0.3, -0.25) is 20.4 Å². The minimum atomic E-state index is -0.477. The number of carbonyl (C=O) groups excluding carboxylic acids is 2. The van der Waals surface area contributed by atoms with Gasteiger partial charge < -0.3 is 9.73 Å². The maximum atomic E-state index is 12.1. The molecule has 2 atom stereocenters. The molecule has 4 N–H and O–H groups in total. The minimum absolute atomic E-state index is 0.153. The molecule has 1 aromatic carbocycles. The highest BCUT2D eigenvalue weighted by Gasteiger charge is 2.21. The van der Waals surface area contributed by atoms with Gasteiger partial charge in [0, 0.05) is 11.5 Å². The van der Waals surface area contributed by atoms with Gasteiger partial charge in [-0.1, -0.05) is 52.0 Å². The lowest BCUT2D eigenvalue weighted by atomic mass is 9.92. The largest absolute Gasteiger partial charge is 0.459 e. The summed E-state index contributed by atoms with van der Waals surface area (Å²) in [4.78, 5) is 23.8. The van der Waals surface area contributed by atoms with Crippen LogP contribution in [0.15, 0.2) is 47.1 Å². The number of hydrogen-bond donors (Lipinski definition) is 3. The van der Waals surface area contributed by atoms with Crippen molar-refractivity contribution in [1.29, 1.82) is 0 Å². The Hall–Kier alpha value is -2.60. The molecule has 0 aliphatic heterocycles. The lowest BCUT2D eigenvalue weighted by Gasteiger charge is -2.20. The molecular formula is C21H30N3O3+. The van der Waals surface area contributed by atoms with Crippen LogP contribution in [0.5, 0.6) is 0 Å². The van der Waals surface area contributed by atoms with E-state index in [1.807, 2.05) is 5.32 Å². The number of nitrogens with two attached hydrogens (primary N) is 1. The summed E-state index contributed by atoms with van der Waals surface area (Å²) in [5.41, 5.74) is 7.30. The van der Waals surface area contributed by atoms with Crippen molar-refractivity contribution < 1.29 is 19.3 Å². The third-order valence-electron chi connectivity index (χ3n) is 4.84. The van der Waals surface area contributed by atoms with Crippen LogP contribution >= 0.6 is 0 Å². The molecule has 0 bridgehead atoms. The normalized spacial score (nSPS) is 13.2. The Morgan fingerprint density at radius 1 is 1.04 bits per heavy atom. The molecule has 6 heteroatoms. The number of hydrazine groups is 1. The van der Waals surface area contributed by atoms with Crippen molar-refractivity contribution in [2.45, 2.75) is 46.1 Å². The summed E-state index contributed by atoms with van der Waals surface area (Å²) >= 11 is 0. The maximum Gasteiger partial charge on any atom is 0.305 e. The highest BCUT2D eigenvalue weighted by atomic mass is 16.3. The van der Waals surface area contributed by atoms with Crippen molar-refractivity contribution in [3.05, 3.63) is 59.5 Å². The Labute approximate surface area is 160 Å². The topological polar surface area (TPSA) is 88.0 Å². The molecule has 0 unspecified atom stereocenters. The molecule has 0 aliphatic rings.